The zero-order valence-electron chi connectivity index (χ0n) is 12.2. The highest BCUT2D eigenvalue weighted by Gasteiger charge is 2.16. The molecule has 0 saturated heterocycles. The minimum absolute atomic E-state index is 0.184. The van der Waals surface area contributed by atoms with Crippen LogP contribution in [0.5, 0.6) is 0 Å². The van der Waals surface area contributed by atoms with Crippen LogP contribution in [0.2, 0.25) is 0 Å². The largest absolute Gasteiger partial charge is 0.441 e. The van der Waals surface area contributed by atoms with Crippen molar-refractivity contribution in [1.82, 2.24) is 4.98 Å². The Morgan fingerprint density at radius 2 is 1.70 bits per heavy atom. The van der Waals surface area contributed by atoms with E-state index in [1.54, 1.807) is 0 Å². The van der Waals surface area contributed by atoms with Gasteiger partial charge in [0.05, 0.1) is 0 Å². The molecule has 2 nitrogen and oxygen atoms in total. The first-order valence-electron chi connectivity index (χ1n) is 6.96. The summed E-state index contributed by atoms with van der Waals surface area (Å²) in [6, 6.07) is 16.5. The molecule has 3 rings (SSSR count). The number of benzene rings is 2. The highest BCUT2D eigenvalue weighted by molar-refractivity contribution is 5.80. The van der Waals surface area contributed by atoms with Gasteiger partial charge in [0.15, 0.2) is 11.5 Å². The number of oxazole rings is 1. The van der Waals surface area contributed by atoms with Gasteiger partial charge < -0.3 is 4.42 Å². The SMILES string of the molecule is CC(C)(C)Cc1nc2cc(-c3ccccc3)ccc2o1. The zero-order chi connectivity index (χ0) is 14.2. The molecule has 0 radical (unpaired) electrons. The van der Waals surface area contributed by atoms with E-state index >= 15 is 0 Å². The van der Waals surface area contributed by atoms with Gasteiger partial charge in [-0.25, -0.2) is 4.98 Å². The molecule has 0 amide bonds. The van der Waals surface area contributed by atoms with Crippen LogP contribution in [0.15, 0.2) is 52.9 Å². The topological polar surface area (TPSA) is 26.0 Å². The second-order valence-electron chi connectivity index (χ2n) is 6.39. The van der Waals surface area contributed by atoms with Crippen LogP contribution in [0.4, 0.5) is 0 Å². The number of hydrogen-bond acceptors (Lipinski definition) is 2. The van der Waals surface area contributed by atoms with Gasteiger partial charge in [-0.3, -0.25) is 0 Å². The van der Waals surface area contributed by atoms with Crippen molar-refractivity contribution in [2.45, 2.75) is 27.2 Å². The Balaban J connectivity index is 2.00. The van der Waals surface area contributed by atoms with Gasteiger partial charge in [-0.15, -0.1) is 0 Å². The summed E-state index contributed by atoms with van der Waals surface area (Å²) in [6.45, 7) is 6.58. The number of rotatable bonds is 2. The molecule has 2 heteroatoms. The molecular weight excluding hydrogens is 246 g/mol. The highest BCUT2D eigenvalue weighted by Crippen LogP contribution is 2.27. The molecule has 0 aliphatic rings. The van der Waals surface area contributed by atoms with E-state index in [4.69, 9.17) is 4.42 Å². The third kappa shape index (κ3) is 2.74. The molecular formula is C18H19NO. The van der Waals surface area contributed by atoms with Crippen molar-refractivity contribution in [1.29, 1.82) is 0 Å². The van der Waals surface area contributed by atoms with Crippen LogP contribution >= 0.6 is 0 Å². The Labute approximate surface area is 119 Å². The van der Waals surface area contributed by atoms with Gasteiger partial charge in [-0.1, -0.05) is 57.2 Å². The summed E-state index contributed by atoms with van der Waals surface area (Å²) in [7, 11) is 0. The van der Waals surface area contributed by atoms with Crippen molar-refractivity contribution >= 4 is 11.1 Å². The standard InChI is InChI=1S/C18H19NO/c1-18(2,3)12-17-19-15-11-14(9-10-16(15)20-17)13-7-5-4-6-8-13/h4-11H,12H2,1-3H3. The van der Waals surface area contributed by atoms with E-state index in [2.05, 4.69) is 50.0 Å². The molecule has 3 aromatic rings. The van der Waals surface area contributed by atoms with E-state index in [0.29, 0.717) is 0 Å². The smallest absolute Gasteiger partial charge is 0.195 e. The van der Waals surface area contributed by atoms with Crippen molar-refractivity contribution < 1.29 is 4.42 Å². The number of aromatic nitrogens is 1. The molecule has 0 spiro atoms. The molecule has 102 valence electrons. The Kier molecular flexibility index (Phi) is 3.09. The van der Waals surface area contributed by atoms with Crippen LogP contribution in [0.3, 0.4) is 0 Å². The van der Waals surface area contributed by atoms with Gasteiger partial charge in [-0.05, 0) is 28.7 Å². The van der Waals surface area contributed by atoms with Crippen molar-refractivity contribution in [2.75, 3.05) is 0 Å². The van der Waals surface area contributed by atoms with Crippen LogP contribution in [0.25, 0.3) is 22.2 Å². The molecule has 0 aliphatic carbocycles. The van der Waals surface area contributed by atoms with Gasteiger partial charge in [-0.2, -0.15) is 0 Å². The first-order valence-corrected chi connectivity index (χ1v) is 6.96. The lowest BCUT2D eigenvalue weighted by Crippen LogP contribution is -2.09. The van der Waals surface area contributed by atoms with E-state index in [0.717, 1.165) is 23.4 Å². The van der Waals surface area contributed by atoms with E-state index in [9.17, 15) is 0 Å². The van der Waals surface area contributed by atoms with E-state index in [1.165, 1.54) is 11.1 Å². The maximum Gasteiger partial charge on any atom is 0.195 e. The van der Waals surface area contributed by atoms with E-state index in [-0.39, 0.29) is 5.41 Å². The summed E-state index contributed by atoms with van der Waals surface area (Å²) in [5, 5.41) is 0. The Bertz CT molecular complexity index is 720. The maximum atomic E-state index is 5.82. The summed E-state index contributed by atoms with van der Waals surface area (Å²) in [4.78, 5) is 4.62. The maximum absolute atomic E-state index is 5.82. The van der Waals surface area contributed by atoms with Crippen LogP contribution in [-0.2, 0) is 6.42 Å². The van der Waals surface area contributed by atoms with Crippen molar-refractivity contribution in [3.8, 4) is 11.1 Å². The molecule has 0 bridgehead atoms. The van der Waals surface area contributed by atoms with E-state index in [1.807, 2.05) is 24.3 Å². The molecule has 0 aliphatic heterocycles. The normalized spacial score (nSPS) is 11.9. The predicted octanol–water partition coefficient (Wildman–Crippen LogP) is 5.08. The van der Waals surface area contributed by atoms with Gasteiger partial charge in [0, 0.05) is 6.42 Å². The van der Waals surface area contributed by atoms with Gasteiger partial charge in [0.25, 0.3) is 0 Å². The second-order valence-corrected chi connectivity index (χ2v) is 6.39. The molecule has 20 heavy (non-hydrogen) atoms. The molecule has 0 atom stereocenters. The van der Waals surface area contributed by atoms with Gasteiger partial charge in [0.1, 0.15) is 5.52 Å². The zero-order valence-corrected chi connectivity index (χ0v) is 12.2. The molecule has 1 heterocycles. The number of nitrogens with zero attached hydrogens (tertiary/aromatic N) is 1. The lowest BCUT2D eigenvalue weighted by molar-refractivity contribution is 0.362. The summed E-state index contributed by atoms with van der Waals surface area (Å²) in [5.74, 6) is 0.817. The average molecular weight is 265 g/mol. The first-order chi connectivity index (χ1) is 9.51. The van der Waals surface area contributed by atoms with Crippen molar-refractivity contribution in [3.63, 3.8) is 0 Å². The Hall–Kier alpha value is -2.09. The molecule has 0 saturated carbocycles. The van der Waals surface area contributed by atoms with E-state index < -0.39 is 0 Å². The summed E-state index contributed by atoms with van der Waals surface area (Å²) < 4.78 is 5.82. The summed E-state index contributed by atoms with van der Waals surface area (Å²) >= 11 is 0. The molecule has 1 aromatic heterocycles. The van der Waals surface area contributed by atoms with Crippen LogP contribution < -0.4 is 0 Å². The lowest BCUT2D eigenvalue weighted by atomic mass is 9.92. The lowest BCUT2D eigenvalue weighted by Gasteiger charge is -2.14. The minimum atomic E-state index is 0.184. The minimum Gasteiger partial charge on any atom is -0.441 e. The van der Waals surface area contributed by atoms with Crippen LogP contribution in [0.1, 0.15) is 26.7 Å². The quantitative estimate of drug-likeness (QED) is 0.645. The first kappa shape index (κ1) is 12.9. The van der Waals surface area contributed by atoms with Gasteiger partial charge >= 0.3 is 0 Å². The summed E-state index contributed by atoms with van der Waals surface area (Å²) in [6.07, 6.45) is 0.850. The summed E-state index contributed by atoms with van der Waals surface area (Å²) in [5.41, 5.74) is 4.36. The second kappa shape index (κ2) is 4.78. The Morgan fingerprint density at radius 1 is 0.950 bits per heavy atom. The number of hydrogen-bond donors (Lipinski definition) is 0. The average Bonchev–Trinajstić information content (AvgIpc) is 2.78. The fraction of sp³-hybridized carbons (Fsp3) is 0.278. The third-order valence-electron chi connectivity index (χ3n) is 3.22. The third-order valence-corrected chi connectivity index (χ3v) is 3.22. The number of fused-ring (bicyclic) bond motifs is 1. The highest BCUT2D eigenvalue weighted by atomic mass is 16.3. The van der Waals surface area contributed by atoms with Crippen molar-refractivity contribution in [2.24, 2.45) is 5.41 Å². The van der Waals surface area contributed by atoms with Gasteiger partial charge in [0.2, 0.25) is 0 Å². The van der Waals surface area contributed by atoms with Crippen LogP contribution in [-0.4, -0.2) is 4.98 Å². The molecule has 0 N–H and O–H groups in total. The molecule has 2 aromatic carbocycles. The van der Waals surface area contributed by atoms with Crippen LogP contribution in [0, 0.1) is 5.41 Å². The fourth-order valence-electron chi connectivity index (χ4n) is 2.31. The molecule has 0 unspecified atom stereocenters. The molecule has 0 fully saturated rings. The predicted molar refractivity (Wildman–Crippen MR) is 82.6 cm³/mol. The fourth-order valence-corrected chi connectivity index (χ4v) is 2.31. The monoisotopic (exact) mass is 265 g/mol. The van der Waals surface area contributed by atoms with Crippen molar-refractivity contribution in [3.05, 3.63) is 54.4 Å². The Morgan fingerprint density at radius 3 is 2.40 bits per heavy atom.